The summed E-state index contributed by atoms with van der Waals surface area (Å²) in [7, 11) is 1.32. The molecule has 0 bridgehead atoms. The highest BCUT2D eigenvalue weighted by molar-refractivity contribution is 6.39. The van der Waals surface area contributed by atoms with E-state index in [0.29, 0.717) is 22.6 Å². The van der Waals surface area contributed by atoms with E-state index in [1.54, 1.807) is 60.7 Å². The molecule has 0 spiro atoms. The Labute approximate surface area is 208 Å². The van der Waals surface area contributed by atoms with Gasteiger partial charge in [0.1, 0.15) is 17.9 Å². The van der Waals surface area contributed by atoms with Crippen LogP contribution in [-0.2, 0) is 20.9 Å². The molecule has 0 radical (unpaired) electrons. The van der Waals surface area contributed by atoms with Crippen LogP contribution in [0.4, 0.5) is 10.5 Å². The number of amides is 4. The zero-order valence-corrected chi connectivity index (χ0v) is 20.0. The number of anilines is 1. The summed E-state index contributed by atoms with van der Waals surface area (Å²) >= 11 is 0. The maximum Gasteiger partial charge on any atom is 0.337 e. The lowest BCUT2D eigenvalue weighted by Gasteiger charge is -2.26. The lowest BCUT2D eigenvalue weighted by Crippen LogP contribution is -2.54. The van der Waals surface area contributed by atoms with Crippen molar-refractivity contribution >= 4 is 35.6 Å². The van der Waals surface area contributed by atoms with Gasteiger partial charge in [-0.1, -0.05) is 30.3 Å². The van der Waals surface area contributed by atoms with Crippen molar-refractivity contribution < 1.29 is 28.7 Å². The van der Waals surface area contributed by atoms with E-state index in [4.69, 9.17) is 9.47 Å². The minimum Gasteiger partial charge on any atom is -0.489 e. The standard InChI is InChI=1S/C28H24N2O6/c1-17-7-12-22(13-18(17)2)30-26(32)24(25(31)29-28(30)34)15-20-5-4-6-23(14-20)36-16-19-8-10-21(11-9-19)27(33)35-3/h4-15H,16H2,1-3H3,(H,29,31,34). The summed E-state index contributed by atoms with van der Waals surface area (Å²) in [5.74, 6) is -1.36. The average molecular weight is 485 g/mol. The van der Waals surface area contributed by atoms with Gasteiger partial charge in [0.2, 0.25) is 0 Å². The molecule has 4 amide bonds. The molecule has 1 N–H and O–H groups in total. The second-order valence-corrected chi connectivity index (χ2v) is 8.28. The van der Waals surface area contributed by atoms with Crippen LogP contribution in [-0.4, -0.2) is 30.9 Å². The Bertz CT molecular complexity index is 1390. The minimum absolute atomic E-state index is 0.164. The smallest absolute Gasteiger partial charge is 0.337 e. The van der Waals surface area contributed by atoms with Crippen molar-refractivity contribution in [2.24, 2.45) is 0 Å². The predicted octanol–water partition coefficient (Wildman–Crippen LogP) is 4.34. The van der Waals surface area contributed by atoms with Gasteiger partial charge in [-0.15, -0.1) is 0 Å². The molecule has 36 heavy (non-hydrogen) atoms. The van der Waals surface area contributed by atoms with Crippen LogP contribution < -0.4 is 15.0 Å². The Morgan fingerprint density at radius 3 is 2.39 bits per heavy atom. The highest BCUT2D eigenvalue weighted by atomic mass is 16.5. The molecule has 1 fully saturated rings. The number of rotatable bonds is 6. The van der Waals surface area contributed by atoms with E-state index in [9.17, 15) is 19.2 Å². The molecule has 1 heterocycles. The van der Waals surface area contributed by atoms with Gasteiger partial charge in [0.15, 0.2) is 0 Å². The van der Waals surface area contributed by atoms with E-state index in [2.05, 4.69) is 5.32 Å². The van der Waals surface area contributed by atoms with Gasteiger partial charge >= 0.3 is 12.0 Å². The Morgan fingerprint density at radius 1 is 0.944 bits per heavy atom. The van der Waals surface area contributed by atoms with Gasteiger partial charge in [-0.25, -0.2) is 14.5 Å². The predicted molar refractivity (Wildman–Crippen MR) is 133 cm³/mol. The third kappa shape index (κ3) is 5.17. The molecule has 0 atom stereocenters. The number of nitrogens with zero attached hydrogens (tertiary/aromatic N) is 1. The van der Waals surface area contributed by atoms with Crippen LogP contribution in [0.25, 0.3) is 6.08 Å². The summed E-state index contributed by atoms with van der Waals surface area (Å²) < 4.78 is 10.5. The third-order valence-corrected chi connectivity index (χ3v) is 5.80. The molecule has 0 unspecified atom stereocenters. The molecular formula is C28H24N2O6. The number of ether oxygens (including phenoxy) is 2. The van der Waals surface area contributed by atoms with Gasteiger partial charge < -0.3 is 9.47 Å². The molecule has 8 nitrogen and oxygen atoms in total. The topological polar surface area (TPSA) is 102 Å². The normalized spacial score (nSPS) is 14.6. The quantitative estimate of drug-likeness (QED) is 0.317. The molecular weight excluding hydrogens is 460 g/mol. The van der Waals surface area contributed by atoms with Crippen molar-refractivity contribution in [1.82, 2.24) is 5.32 Å². The van der Waals surface area contributed by atoms with Gasteiger partial charge in [-0.2, -0.15) is 0 Å². The van der Waals surface area contributed by atoms with Gasteiger partial charge in [0.25, 0.3) is 11.8 Å². The number of urea groups is 1. The third-order valence-electron chi connectivity index (χ3n) is 5.80. The van der Waals surface area contributed by atoms with Crippen LogP contribution in [0, 0.1) is 13.8 Å². The number of nitrogens with one attached hydrogen (secondary N) is 1. The summed E-state index contributed by atoms with van der Waals surface area (Å²) in [6, 6.07) is 18.2. The molecule has 0 saturated carbocycles. The number of carbonyl (C=O) groups is 4. The van der Waals surface area contributed by atoms with Crippen LogP contribution in [0.3, 0.4) is 0 Å². The number of benzene rings is 3. The Kier molecular flexibility index (Phi) is 6.96. The summed E-state index contributed by atoms with van der Waals surface area (Å²) in [6.07, 6.45) is 1.43. The summed E-state index contributed by atoms with van der Waals surface area (Å²) in [5, 5.41) is 2.24. The number of barbiturate groups is 1. The van der Waals surface area contributed by atoms with E-state index >= 15 is 0 Å². The molecule has 4 rings (SSSR count). The Hall–Kier alpha value is -4.72. The van der Waals surface area contributed by atoms with Crippen molar-refractivity contribution in [3.05, 3.63) is 100 Å². The number of carbonyl (C=O) groups excluding carboxylic acids is 4. The van der Waals surface area contributed by atoms with Crippen LogP contribution in [0.2, 0.25) is 0 Å². The molecule has 1 aliphatic heterocycles. The van der Waals surface area contributed by atoms with Gasteiger partial charge in [0, 0.05) is 0 Å². The highest BCUT2D eigenvalue weighted by Crippen LogP contribution is 2.25. The first kappa shape index (κ1) is 24.4. The molecule has 0 aromatic heterocycles. The monoisotopic (exact) mass is 484 g/mol. The second-order valence-electron chi connectivity index (χ2n) is 8.28. The number of imide groups is 2. The zero-order valence-electron chi connectivity index (χ0n) is 20.0. The summed E-state index contributed by atoms with van der Waals surface area (Å²) in [6.45, 7) is 4.06. The lowest BCUT2D eigenvalue weighted by atomic mass is 10.0. The maximum absolute atomic E-state index is 13.2. The molecule has 3 aromatic rings. The van der Waals surface area contributed by atoms with Crippen molar-refractivity contribution in [3.8, 4) is 5.75 Å². The largest absolute Gasteiger partial charge is 0.489 e. The van der Waals surface area contributed by atoms with Gasteiger partial charge in [-0.05, 0) is 78.6 Å². The number of hydrogen-bond donors (Lipinski definition) is 1. The number of hydrogen-bond acceptors (Lipinski definition) is 6. The van der Waals surface area contributed by atoms with Crippen LogP contribution in [0.15, 0.2) is 72.3 Å². The molecule has 8 heteroatoms. The Morgan fingerprint density at radius 2 is 1.69 bits per heavy atom. The average Bonchev–Trinajstić information content (AvgIpc) is 2.87. The number of methoxy groups -OCH3 is 1. The fourth-order valence-electron chi connectivity index (χ4n) is 3.64. The first-order valence-corrected chi connectivity index (χ1v) is 11.2. The lowest BCUT2D eigenvalue weighted by molar-refractivity contribution is -0.122. The fourth-order valence-corrected chi connectivity index (χ4v) is 3.64. The maximum atomic E-state index is 13.2. The zero-order chi connectivity index (χ0) is 25.8. The van der Waals surface area contributed by atoms with Crippen molar-refractivity contribution in [3.63, 3.8) is 0 Å². The van der Waals surface area contributed by atoms with E-state index in [-0.39, 0.29) is 12.2 Å². The van der Waals surface area contributed by atoms with Crippen LogP contribution in [0.1, 0.15) is 32.6 Å². The van der Waals surface area contributed by atoms with Crippen LogP contribution >= 0.6 is 0 Å². The molecule has 1 aliphatic rings. The van der Waals surface area contributed by atoms with E-state index in [1.807, 2.05) is 19.9 Å². The molecule has 3 aromatic carbocycles. The van der Waals surface area contributed by atoms with E-state index in [0.717, 1.165) is 21.6 Å². The molecule has 0 aliphatic carbocycles. The highest BCUT2D eigenvalue weighted by Gasteiger charge is 2.36. The first-order valence-electron chi connectivity index (χ1n) is 11.2. The first-order chi connectivity index (χ1) is 17.3. The molecule has 1 saturated heterocycles. The van der Waals surface area contributed by atoms with Gasteiger partial charge in [0.05, 0.1) is 18.4 Å². The fraction of sp³-hybridized carbons (Fsp3) is 0.143. The molecule has 182 valence electrons. The SMILES string of the molecule is COC(=O)c1ccc(COc2cccc(C=C3C(=O)NC(=O)N(c4ccc(C)c(C)c4)C3=O)c2)cc1. The number of aryl methyl sites for hydroxylation is 2. The Balaban J connectivity index is 1.53. The number of esters is 1. The van der Waals surface area contributed by atoms with E-state index < -0.39 is 23.8 Å². The summed E-state index contributed by atoms with van der Waals surface area (Å²) in [5.41, 5.74) is 4.00. The van der Waals surface area contributed by atoms with E-state index in [1.165, 1.54) is 13.2 Å². The minimum atomic E-state index is -0.791. The van der Waals surface area contributed by atoms with Crippen molar-refractivity contribution in [2.75, 3.05) is 12.0 Å². The summed E-state index contributed by atoms with van der Waals surface area (Å²) in [4.78, 5) is 50.6. The van der Waals surface area contributed by atoms with Crippen molar-refractivity contribution in [1.29, 1.82) is 0 Å². The van der Waals surface area contributed by atoms with Crippen LogP contribution in [0.5, 0.6) is 5.75 Å². The second kappa shape index (κ2) is 10.3. The van der Waals surface area contributed by atoms with Crippen molar-refractivity contribution in [2.45, 2.75) is 20.5 Å². The van der Waals surface area contributed by atoms with Gasteiger partial charge in [-0.3, -0.25) is 14.9 Å².